The second kappa shape index (κ2) is 12.5. The Morgan fingerprint density at radius 2 is 1.52 bits per heavy atom. The Labute approximate surface area is 248 Å². The molecule has 6 heteroatoms. The van der Waals surface area contributed by atoms with Crippen molar-refractivity contribution in [2.45, 2.75) is 109 Å². The summed E-state index contributed by atoms with van der Waals surface area (Å²) in [6.07, 6.45) is 11.8. The molecule has 3 atom stereocenters. The summed E-state index contributed by atoms with van der Waals surface area (Å²) in [4.78, 5) is 3.06. The Morgan fingerprint density at radius 3 is 2.12 bits per heavy atom. The molecule has 218 valence electrons. The van der Waals surface area contributed by atoms with Gasteiger partial charge in [0.15, 0.2) is 0 Å². The first-order chi connectivity index (χ1) is 19.3. The molecule has 0 aromatic heterocycles. The molecule has 2 aliphatic heterocycles. The van der Waals surface area contributed by atoms with Crippen molar-refractivity contribution in [3.63, 3.8) is 0 Å². The first-order valence-electron chi connectivity index (χ1n) is 15.9. The summed E-state index contributed by atoms with van der Waals surface area (Å²) < 4.78 is 35.8. The van der Waals surface area contributed by atoms with Gasteiger partial charge < -0.3 is 0 Å². The summed E-state index contributed by atoms with van der Waals surface area (Å²) in [5, 5.41) is 0. The first-order valence-corrected chi connectivity index (χ1v) is 24.8. The van der Waals surface area contributed by atoms with Gasteiger partial charge in [-0.25, -0.2) is 0 Å². The molecule has 0 N–H and O–H groups in total. The molecule has 0 spiro atoms. The molecular weight excluding hydrogens is 619 g/mol. The van der Waals surface area contributed by atoms with Crippen molar-refractivity contribution in [2.75, 3.05) is 24.4 Å². The number of rotatable bonds is 12. The molecule has 2 aromatic carbocycles. The fourth-order valence-electron chi connectivity index (χ4n) is 7.87. The summed E-state index contributed by atoms with van der Waals surface area (Å²) in [7, 11) is -1.24. The van der Waals surface area contributed by atoms with Gasteiger partial charge in [0.2, 0.25) is 0 Å². The number of unbranched alkanes of at least 4 members (excludes halogenated alkanes) is 3. The van der Waals surface area contributed by atoms with E-state index in [0.717, 1.165) is 24.2 Å². The Bertz CT molecular complexity index is 1300. The van der Waals surface area contributed by atoms with Gasteiger partial charge in [0.05, 0.1) is 0 Å². The summed E-state index contributed by atoms with van der Waals surface area (Å²) in [6, 6.07) is 14.3. The summed E-state index contributed by atoms with van der Waals surface area (Å²) in [6.45, 7) is 10.8. The fraction of sp³-hybridized carbons (Fsp3) is 0.588. The Morgan fingerprint density at radius 1 is 0.900 bits per heavy atom. The molecule has 3 aliphatic rings. The standard InChI is InChI=1S/C22H23N2O2S.3C4H9.Sn/c1-15-8-10-17(11-9-15)27(25,26)24-14-16-13-21-18(6-4-12-23(21)2)19-5-3-7-20(24)22(16)19;3*1-3-4-2;/h3,5-11,16,18,21H,12-14H2,1-2H3;3*1,3-4H2,2H3;/t16-,18+,21+;;;;/m0..../s1. The second-order valence-corrected chi connectivity index (χ2v) is 28.1. The van der Waals surface area contributed by atoms with Crippen molar-refractivity contribution in [2.24, 2.45) is 0 Å². The van der Waals surface area contributed by atoms with Gasteiger partial charge in [-0.3, -0.25) is 0 Å². The van der Waals surface area contributed by atoms with Crippen LogP contribution in [0.3, 0.4) is 0 Å². The first kappa shape index (κ1) is 30.2. The van der Waals surface area contributed by atoms with Crippen LogP contribution in [0.5, 0.6) is 0 Å². The van der Waals surface area contributed by atoms with E-state index in [1.165, 1.54) is 63.0 Å². The van der Waals surface area contributed by atoms with Crippen molar-refractivity contribution >= 4 is 34.1 Å². The maximum absolute atomic E-state index is 13.9. The quantitative estimate of drug-likeness (QED) is 0.213. The third-order valence-corrected chi connectivity index (χ3v) is 28.0. The van der Waals surface area contributed by atoms with Gasteiger partial charge in [0.1, 0.15) is 0 Å². The Kier molecular flexibility index (Phi) is 9.43. The van der Waals surface area contributed by atoms with Crippen LogP contribution in [0.2, 0.25) is 13.3 Å². The third-order valence-electron chi connectivity index (χ3n) is 10.2. The molecule has 5 rings (SSSR count). The van der Waals surface area contributed by atoms with Crippen LogP contribution >= 0.6 is 0 Å². The number of likely N-dealkylation sites (N-methyl/N-ethyl adjacent to an activating group) is 1. The van der Waals surface area contributed by atoms with Crippen molar-refractivity contribution in [3.05, 3.63) is 68.8 Å². The average molecular weight is 670 g/mol. The second-order valence-electron chi connectivity index (χ2n) is 12.9. The SMILES string of the molecule is CCC[CH2][Sn]([CH2]CCC)([CH2]CCC)[C]1=C[C@@H]2c3cccc4c3[C@@H](C[C@H]2N(C)C1)CN4S(=O)(=O)c1ccc(C)cc1. The number of benzene rings is 2. The zero-order valence-electron chi connectivity index (χ0n) is 25.5. The number of fused-ring (bicyclic) bond motifs is 2. The van der Waals surface area contributed by atoms with Gasteiger partial charge in [0, 0.05) is 0 Å². The molecular formula is C34H50N2O2SSn. The normalized spacial score (nSPS) is 22.7. The minimum absolute atomic E-state index is 0.263. The summed E-state index contributed by atoms with van der Waals surface area (Å²) in [5.74, 6) is 0.640. The van der Waals surface area contributed by atoms with E-state index in [1.807, 2.05) is 22.6 Å². The van der Waals surface area contributed by atoms with E-state index in [2.05, 4.69) is 57.0 Å². The van der Waals surface area contributed by atoms with Crippen LogP contribution in [-0.4, -0.2) is 57.9 Å². The third kappa shape index (κ3) is 5.56. The van der Waals surface area contributed by atoms with Crippen LogP contribution in [0, 0.1) is 6.92 Å². The maximum atomic E-state index is 13.9. The number of anilines is 1. The molecule has 0 unspecified atom stereocenters. The van der Waals surface area contributed by atoms with Crippen molar-refractivity contribution in [3.8, 4) is 0 Å². The number of hydrogen-bond acceptors (Lipinski definition) is 3. The zero-order valence-corrected chi connectivity index (χ0v) is 29.1. The number of aryl methyl sites for hydroxylation is 1. The van der Waals surface area contributed by atoms with E-state index >= 15 is 0 Å². The number of nitrogens with zero attached hydrogens (tertiary/aromatic N) is 2. The van der Waals surface area contributed by atoms with Crippen LogP contribution < -0.4 is 4.31 Å². The monoisotopic (exact) mass is 670 g/mol. The van der Waals surface area contributed by atoms with E-state index < -0.39 is 28.4 Å². The molecule has 4 nitrogen and oxygen atoms in total. The van der Waals surface area contributed by atoms with Gasteiger partial charge in [-0.05, 0) is 6.92 Å². The molecule has 0 amide bonds. The summed E-state index contributed by atoms with van der Waals surface area (Å²) in [5.41, 5.74) is 4.70. The number of hydrogen-bond donors (Lipinski definition) is 0. The van der Waals surface area contributed by atoms with E-state index in [-0.39, 0.29) is 5.92 Å². The van der Waals surface area contributed by atoms with Gasteiger partial charge >= 0.3 is 242 Å². The summed E-state index contributed by atoms with van der Waals surface area (Å²) >= 11 is -2.55. The van der Waals surface area contributed by atoms with Crippen LogP contribution in [0.25, 0.3) is 0 Å². The van der Waals surface area contributed by atoms with E-state index in [1.54, 1.807) is 16.4 Å². The van der Waals surface area contributed by atoms with Crippen LogP contribution in [-0.2, 0) is 10.0 Å². The molecule has 0 saturated carbocycles. The Balaban J connectivity index is 1.56. The van der Waals surface area contributed by atoms with Crippen molar-refractivity contribution in [1.29, 1.82) is 0 Å². The van der Waals surface area contributed by atoms with Gasteiger partial charge in [-0.15, -0.1) is 0 Å². The van der Waals surface area contributed by atoms with E-state index in [0.29, 0.717) is 23.4 Å². The molecule has 0 bridgehead atoms. The zero-order chi connectivity index (χ0) is 28.5. The van der Waals surface area contributed by atoms with Crippen LogP contribution in [0.4, 0.5) is 5.69 Å². The molecule has 2 aromatic rings. The Hall–Kier alpha value is -1.31. The average Bonchev–Trinajstić information content (AvgIpc) is 3.34. The van der Waals surface area contributed by atoms with E-state index in [4.69, 9.17) is 0 Å². The van der Waals surface area contributed by atoms with E-state index in [9.17, 15) is 8.42 Å². The molecule has 1 aliphatic carbocycles. The fourth-order valence-corrected chi connectivity index (χ4v) is 26.3. The molecule has 2 heterocycles. The predicted molar refractivity (Wildman–Crippen MR) is 172 cm³/mol. The minimum atomic E-state index is -3.60. The number of sulfonamides is 1. The van der Waals surface area contributed by atoms with Crippen molar-refractivity contribution in [1.82, 2.24) is 4.90 Å². The predicted octanol–water partition coefficient (Wildman–Crippen LogP) is 8.40. The molecule has 0 fully saturated rings. The van der Waals surface area contributed by atoms with Gasteiger partial charge in [0.25, 0.3) is 0 Å². The molecule has 40 heavy (non-hydrogen) atoms. The van der Waals surface area contributed by atoms with Crippen LogP contribution in [0.15, 0.2) is 57.0 Å². The van der Waals surface area contributed by atoms with Gasteiger partial charge in [-0.2, -0.15) is 0 Å². The topological polar surface area (TPSA) is 40.6 Å². The molecule has 0 saturated heterocycles. The van der Waals surface area contributed by atoms with Gasteiger partial charge in [-0.1, -0.05) is 0 Å². The molecule has 0 radical (unpaired) electrons. The van der Waals surface area contributed by atoms with Crippen molar-refractivity contribution < 1.29 is 8.42 Å². The van der Waals surface area contributed by atoms with Crippen LogP contribution in [0.1, 0.15) is 94.2 Å².